The van der Waals surface area contributed by atoms with Crippen LogP contribution in [0.25, 0.3) is 0 Å². The largest absolute Gasteiger partial charge is 0.497 e. The molecular formula is C19H24N2O4S. The molecule has 2 aromatic carbocycles. The summed E-state index contributed by atoms with van der Waals surface area (Å²) in [6, 6.07) is 12.9. The number of methoxy groups -OCH3 is 3. The highest BCUT2D eigenvalue weighted by atomic mass is 32.1. The Morgan fingerprint density at radius 1 is 0.923 bits per heavy atom. The molecule has 0 saturated carbocycles. The molecule has 2 N–H and O–H groups in total. The van der Waals surface area contributed by atoms with Crippen molar-refractivity contribution < 1.29 is 18.9 Å². The van der Waals surface area contributed by atoms with Crippen LogP contribution in [0.2, 0.25) is 0 Å². The lowest BCUT2D eigenvalue weighted by atomic mass is 10.2. The molecule has 1 unspecified atom stereocenters. The second kappa shape index (κ2) is 9.72. The highest BCUT2D eigenvalue weighted by molar-refractivity contribution is 7.80. The lowest BCUT2D eigenvalue weighted by molar-refractivity contribution is 0.286. The molecule has 0 aliphatic carbocycles. The number of anilines is 1. The summed E-state index contributed by atoms with van der Waals surface area (Å²) >= 11 is 5.36. The number of ether oxygens (including phenoxy) is 4. The number of thiocarbonyl (C=S) groups is 1. The van der Waals surface area contributed by atoms with E-state index >= 15 is 0 Å². The van der Waals surface area contributed by atoms with E-state index < -0.39 is 0 Å². The van der Waals surface area contributed by atoms with Crippen LogP contribution < -0.4 is 29.6 Å². The van der Waals surface area contributed by atoms with E-state index in [1.54, 1.807) is 27.4 Å². The Labute approximate surface area is 159 Å². The molecule has 0 aliphatic rings. The molecule has 0 saturated heterocycles. The van der Waals surface area contributed by atoms with E-state index in [4.69, 9.17) is 31.2 Å². The van der Waals surface area contributed by atoms with Crippen LogP contribution in [0.15, 0.2) is 42.5 Å². The van der Waals surface area contributed by atoms with Crippen LogP contribution in [-0.2, 0) is 0 Å². The standard InChI is InChI=1S/C19H24N2O4S/c1-13(12-25-15-7-5-14(22-2)6-8-15)20-19(26)21-17-10-9-16(23-3)11-18(17)24-4/h5-11,13H,12H2,1-4H3,(H2,20,21,26). The van der Waals surface area contributed by atoms with Crippen molar-refractivity contribution in [2.45, 2.75) is 13.0 Å². The highest BCUT2D eigenvalue weighted by Gasteiger charge is 2.09. The van der Waals surface area contributed by atoms with Gasteiger partial charge in [-0.05, 0) is 55.5 Å². The van der Waals surface area contributed by atoms with Gasteiger partial charge in [-0.2, -0.15) is 0 Å². The van der Waals surface area contributed by atoms with Crippen molar-refractivity contribution in [1.82, 2.24) is 5.32 Å². The van der Waals surface area contributed by atoms with Gasteiger partial charge in [0.1, 0.15) is 29.6 Å². The van der Waals surface area contributed by atoms with Crippen LogP contribution in [0.3, 0.4) is 0 Å². The van der Waals surface area contributed by atoms with Crippen LogP contribution in [0.4, 0.5) is 5.69 Å². The van der Waals surface area contributed by atoms with Crippen molar-refractivity contribution in [2.75, 3.05) is 33.3 Å². The Hall–Kier alpha value is -2.67. The predicted octanol–water partition coefficient (Wildman–Crippen LogP) is 3.47. The van der Waals surface area contributed by atoms with Crippen molar-refractivity contribution in [3.8, 4) is 23.0 Å². The predicted molar refractivity (Wildman–Crippen MR) is 107 cm³/mol. The molecule has 0 amide bonds. The summed E-state index contributed by atoms with van der Waals surface area (Å²) in [5, 5.41) is 6.79. The quantitative estimate of drug-likeness (QED) is 0.684. The number of benzene rings is 2. The molecule has 0 heterocycles. The van der Waals surface area contributed by atoms with Crippen LogP contribution in [0.1, 0.15) is 6.92 Å². The molecule has 7 heteroatoms. The number of hydrogen-bond donors (Lipinski definition) is 2. The number of rotatable bonds is 8. The summed E-state index contributed by atoms with van der Waals surface area (Å²) in [7, 11) is 4.84. The van der Waals surface area contributed by atoms with Gasteiger partial charge in [-0.3, -0.25) is 0 Å². The first-order chi connectivity index (χ1) is 12.5. The first-order valence-electron chi connectivity index (χ1n) is 8.12. The van der Waals surface area contributed by atoms with Crippen LogP contribution in [-0.4, -0.2) is 39.1 Å². The van der Waals surface area contributed by atoms with Crippen LogP contribution in [0.5, 0.6) is 23.0 Å². The van der Waals surface area contributed by atoms with Gasteiger partial charge in [0.05, 0.1) is 33.1 Å². The smallest absolute Gasteiger partial charge is 0.171 e. The minimum atomic E-state index is 0.0151. The second-order valence-electron chi connectivity index (χ2n) is 5.55. The minimum absolute atomic E-state index is 0.0151. The SMILES string of the molecule is COc1ccc(OCC(C)NC(=S)Nc2ccc(OC)cc2OC)cc1. The lowest BCUT2D eigenvalue weighted by Gasteiger charge is -2.19. The number of nitrogens with one attached hydrogen (secondary N) is 2. The zero-order chi connectivity index (χ0) is 18.9. The maximum absolute atomic E-state index is 5.75. The Morgan fingerprint density at radius 3 is 2.15 bits per heavy atom. The van der Waals surface area contributed by atoms with Gasteiger partial charge in [0, 0.05) is 6.07 Å². The van der Waals surface area contributed by atoms with Gasteiger partial charge in [-0.1, -0.05) is 0 Å². The molecule has 6 nitrogen and oxygen atoms in total. The summed E-state index contributed by atoms with van der Waals surface area (Å²) in [6.07, 6.45) is 0. The summed E-state index contributed by atoms with van der Waals surface area (Å²) in [4.78, 5) is 0. The molecular weight excluding hydrogens is 352 g/mol. The van der Waals surface area contributed by atoms with Crippen molar-refractivity contribution >= 4 is 23.0 Å². The average Bonchev–Trinajstić information content (AvgIpc) is 2.67. The Kier molecular flexibility index (Phi) is 7.35. The van der Waals surface area contributed by atoms with E-state index in [1.807, 2.05) is 43.3 Å². The normalized spacial score (nSPS) is 11.2. The molecule has 0 radical (unpaired) electrons. The third-order valence-electron chi connectivity index (χ3n) is 3.59. The summed E-state index contributed by atoms with van der Waals surface area (Å²) in [5.41, 5.74) is 0.758. The molecule has 0 bridgehead atoms. The van der Waals surface area contributed by atoms with E-state index in [2.05, 4.69) is 10.6 Å². The molecule has 0 spiro atoms. The zero-order valence-corrected chi connectivity index (χ0v) is 16.2. The molecule has 2 rings (SSSR count). The van der Waals surface area contributed by atoms with Crippen molar-refractivity contribution in [1.29, 1.82) is 0 Å². The van der Waals surface area contributed by atoms with Gasteiger partial charge >= 0.3 is 0 Å². The van der Waals surface area contributed by atoms with E-state index in [-0.39, 0.29) is 6.04 Å². The van der Waals surface area contributed by atoms with Crippen LogP contribution in [0, 0.1) is 0 Å². The van der Waals surface area contributed by atoms with Gasteiger partial charge in [0.2, 0.25) is 0 Å². The summed E-state index contributed by atoms with van der Waals surface area (Å²) < 4.78 is 21.4. The third kappa shape index (κ3) is 5.70. The first-order valence-corrected chi connectivity index (χ1v) is 8.53. The Morgan fingerprint density at radius 2 is 1.54 bits per heavy atom. The molecule has 2 aromatic rings. The highest BCUT2D eigenvalue weighted by Crippen LogP contribution is 2.28. The van der Waals surface area contributed by atoms with Gasteiger partial charge < -0.3 is 29.6 Å². The maximum atomic E-state index is 5.75. The fourth-order valence-corrected chi connectivity index (χ4v) is 2.53. The molecule has 26 heavy (non-hydrogen) atoms. The fourth-order valence-electron chi connectivity index (χ4n) is 2.22. The molecule has 140 valence electrons. The molecule has 1 atom stereocenters. The van der Waals surface area contributed by atoms with Gasteiger partial charge in [-0.15, -0.1) is 0 Å². The minimum Gasteiger partial charge on any atom is -0.497 e. The van der Waals surface area contributed by atoms with E-state index in [0.29, 0.717) is 23.2 Å². The maximum Gasteiger partial charge on any atom is 0.171 e. The first kappa shape index (κ1) is 19.7. The topological polar surface area (TPSA) is 61.0 Å². The van der Waals surface area contributed by atoms with Gasteiger partial charge in [-0.25, -0.2) is 0 Å². The second-order valence-corrected chi connectivity index (χ2v) is 5.96. The van der Waals surface area contributed by atoms with Gasteiger partial charge in [0.15, 0.2) is 5.11 Å². The monoisotopic (exact) mass is 376 g/mol. The fraction of sp³-hybridized carbons (Fsp3) is 0.316. The summed E-state index contributed by atoms with van der Waals surface area (Å²) in [5.74, 6) is 2.93. The lowest BCUT2D eigenvalue weighted by Crippen LogP contribution is -2.39. The van der Waals surface area contributed by atoms with E-state index in [0.717, 1.165) is 17.2 Å². The van der Waals surface area contributed by atoms with Gasteiger partial charge in [0.25, 0.3) is 0 Å². The van der Waals surface area contributed by atoms with Crippen molar-refractivity contribution in [3.63, 3.8) is 0 Å². The van der Waals surface area contributed by atoms with Crippen LogP contribution >= 0.6 is 12.2 Å². The van der Waals surface area contributed by atoms with E-state index in [9.17, 15) is 0 Å². The molecule has 0 aliphatic heterocycles. The summed E-state index contributed by atoms with van der Waals surface area (Å²) in [6.45, 7) is 2.46. The Balaban J connectivity index is 1.84. The molecule has 0 fully saturated rings. The third-order valence-corrected chi connectivity index (χ3v) is 3.81. The van der Waals surface area contributed by atoms with E-state index in [1.165, 1.54) is 0 Å². The number of hydrogen-bond acceptors (Lipinski definition) is 5. The zero-order valence-electron chi connectivity index (χ0n) is 15.4. The van der Waals surface area contributed by atoms with Crippen molar-refractivity contribution in [3.05, 3.63) is 42.5 Å². The Bertz CT molecular complexity index is 722. The average molecular weight is 376 g/mol. The molecule has 0 aromatic heterocycles. The van der Waals surface area contributed by atoms with Crippen molar-refractivity contribution in [2.24, 2.45) is 0 Å².